The maximum absolute atomic E-state index is 12.8. The molecule has 0 spiro atoms. The highest BCUT2D eigenvalue weighted by Gasteiger charge is 2.34. The van der Waals surface area contributed by atoms with Crippen LogP contribution in [-0.4, -0.2) is 62.3 Å². The lowest BCUT2D eigenvalue weighted by Gasteiger charge is -2.26. The van der Waals surface area contributed by atoms with Crippen LogP contribution in [0.5, 0.6) is 0 Å². The number of H-pyrrole nitrogens is 1. The first kappa shape index (κ1) is 23.6. The predicted molar refractivity (Wildman–Crippen MR) is 114 cm³/mol. The molecule has 2 heterocycles. The van der Waals surface area contributed by atoms with Crippen LogP contribution in [0.15, 0.2) is 11.2 Å². The summed E-state index contributed by atoms with van der Waals surface area (Å²) in [5.41, 5.74) is 13.5. The second-order valence-corrected chi connectivity index (χ2v) is 6.63. The third kappa shape index (κ3) is 6.67. The Morgan fingerprint density at radius 3 is 2.74 bits per heavy atom. The minimum atomic E-state index is -1.27. The van der Waals surface area contributed by atoms with E-state index in [-0.39, 0.29) is 43.1 Å². The number of carboxylic acids is 1. The van der Waals surface area contributed by atoms with Gasteiger partial charge in [0.1, 0.15) is 11.6 Å². The zero-order valence-electron chi connectivity index (χ0n) is 17.2. The third-order valence-corrected chi connectivity index (χ3v) is 4.28. The quantitative estimate of drug-likeness (QED) is 0.0870. The number of nitrogens with zero attached hydrogens (tertiary/aromatic N) is 5. The largest absolute Gasteiger partial charge is 0.480 e. The molecule has 0 saturated heterocycles. The molecule has 0 saturated carbocycles. The van der Waals surface area contributed by atoms with E-state index < -0.39 is 18.1 Å². The molecule has 31 heavy (non-hydrogen) atoms. The van der Waals surface area contributed by atoms with E-state index in [1.807, 2.05) is 6.92 Å². The van der Waals surface area contributed by atoms with Crippen LogP contribution in [0.3, 0.4) is 0 Å². The Labute approximate surface area is 178 Å². The number of unbranched alkanes of at least 4 members (excludes halogenated alkanes) is 2. The van der Waals surface area contributed by atoms with Gasteiger partial charge in [0.15, 0.2) is 11.6 Å². The highest BCUT2D eigenvalue weighted by atomic mass is 16.6. The summed E-state index contributed by atoms with van der Waals surface area (Å²) in [6.45, 7) is 2.39. The first-order chi connectivity index (χ1) is 14.9. The maximum Gasteiger partial charge on any atom is 0.417 e. The number of hydrogen-bond donors (Lipinski definition) is 6. The number of aliphatic carboxylic acids is 1. The molecular weight excluding hydrogens is 408 g/mol. The summed E-state index contributed by atoms with van der Waals surface area (Å²) in [6.07, 6.45) is 3.44. The van der Waals surface area contributed by atoms with Crippen LogP contribution in [0.1, 0.15) is 39.0 Å². The molecular formula is C17H28N10O4. The van der Waals surface area contributed by atoms with Crippen molar-refractivity contribution in [2.75, 3.05) is 23.5 Å². The summed E-state index contributed by atoms with van der Waals surface area (Å²) < 4.78 is 5.30. The van der Waals surface area contributed by atoms with E-state index in [4.69, 9.17) is 22.0 Å². The summed E-state index contributed by atoms with van der Waals surface area (Å²) >= 11 is 0. The van der Waals surface area contributed by atoms with E-state index in [0.717, 1.165) is 17.7 Å². The molecule has 0 aliphatic rings. The van der Waals surface area contributed by atoms with Crippen LogP contribution in [-0.2, 0) is 9.53 Å². The summed E-state index contributed by atoms with van der Waals surface area (Å²) in [5.74, 6) is 4.06. The number of nitrogen functional groups attached to an aromatic ring is 1. The normalized spacial score (nSPS) is 11.7. The average molecular weight is 436 g/mol. The zero-order valence-corrected chi connectivity index (χ0v) is 17.2. The number of guanidine groups is 1. The number of hydrogen-bond acceptors (Lipinski definition) is 9. The number of carboxylic acid groups (broad SMARTS) is 1. The number of carbonyl (C=O) groups is 2. The monoisotopic (exact) mass is 436 g/mol. The number of nitrogens with one attached hydrogen (secondary N) is 2. The zero-order chi connectivity index (χ0) is 22.8. The number of imidazole rings is 1. The number of nitrogens with two attached hydrogens (primary N) is 3. The number of aliphatic imine (C=N–C) groups is 1. The first-order valence-corrected chi connectivity index (χ1v) is 9.80. The minimum Gasteiger partial charge on any atom is -0.480 e. The van der Waals surface area contributed by atoms with E-state index in [0.29, 0.717) is 18.4 Å². The number of aromatic amines is 1. The number of fused-ring (bicyclic) bond motifs is 1. The van der Waals surface area contributed by atoms with Gasteiger partial charge >= 0.3 is 12.1 Å². The van der Waals surface area contributed by atoms with Crippen LogP contribution in [0, 0.1) is 0 Å². The van der Waals surface area contributed by atoms with E-state index in [1.54, 1.807) is 0 Å². The van der Waals surface area contributed by atoms with Crippen molar-refractivity contribution in [1.29, 1.82) is 0 Å². The van der Waals surface area contributed by atoms with Gasteiger partial charge in [0.05, 0.1) is 12.8 Å². The van der Waals surface area contributed by atoms with E-state index in [9.17, 15) is 14.7 Å². The number of rotatable bonds is 12. The number of hydrazine groups is 1. The van der Waals surface area contributed by atoms with E-state index >= 15 is 0 Å². The lowest BCUT2D eigenvalue weighted by atomic mass is 10.1. The molecule has 1 atom stereocenters. The fourth-order valence-corrected chi connectivity index (χ4v) is 2.78. The van der Waals surface area contributed by atoms with Crippen LogP contribution in [0.2, 0.25) is 0 Å². The SMILES string of the molecule is CCCCCOC(=O)N(c1nc2nc(NN)ncc2[nH]1)[C@@H](CCCN=C(N)N)C(=O)O. The molecule has 2 aromatic heterocycles. The molecule has 0 fully saturated rings. The Bertz CT molecular complexity index is 911. The van der Waals surface area contributed by atoms with Crippen molar-refractivity contribution in [2.24, 2.45) is 22.3 Å². The second-order valence-electron chi connectivity index (χ2n) is 6.63. The van der Waals surface area contributed by atoms with Crippen LogP contribution in [0.4, 0.5) is 16.7 Å². The Morgan fingerprint density at radius 1 is 1.32 bits per heavy atom. The fraction of sp³-hybridized carbons (Fsp3) is 0.529. The number of ether oxygens (including phenoxy) is 1. The summed E-state index contributed by atoms with van der Waals surface area (Å²) in [4.78, 5) is 44.8. The van der Waals surface area contributed by atoms with Gasteiger partial charge in [-0.2, -0.15) is 9.97 Å². The van der Waals surface area contributed by atoms with Gasteiger partial charge < -0.3 is 26.3 Å². The van der Waals surface area contributed by atoms with Crippen molar-refractivity contribution in [1.82, 2.24) is 19.9 Å². The van der Waals surface area contributed by atoms with E-state index in [1.165, 1.54) is 6.20 Å². The number of carbonyl (C=O) groups excluding carboxylic acids is 1. The fourth-order valence-electron chi connectivity index (χ4n) is 2.78. The highest BCUT2D eigenvalue weighted by Crippen LogP contribution is 2.22. The summed E-state index contributed by atoms with van der Waals surface area (Å²) in [7, 11) is 0. The minimum absolute atomic E-state index is 0.0341. The van der Waals surface area contributed by atoms with Crippen molar-refractivity contribution >= 4 is 41.1 Å². The standard InChI is InChI=1S/C17H28N10O4/c1-2-3-4-8-31-17(30)27(11(13(28)29)6-5-7-21-14(18)19)16-23-10-9-22-15(26-20)24-12(10)25-16/h9,11H,2-8,20H2,1H3,(H,28,29)(H4,18,19,21)(H2,22,23,24,25,26)/t11-/m0/s1. The molecule has 0 aromatic carbocycles. The molecule has 2 rings (SSSR count). The molecule has 14 heteroatoms. The molecule has 1 amide bonds. The molecule has 0 aliphatic heterocycles. The number of amides is 1. The summed E-state index contributed by atoms with van der Waals surface area (Å²) in [5, 5.41) is 9.80. The average Bonchev–Trinajstić information content (AvgIpc) is 3.15. The van der Waals surface area contributed by atoms with Crippen molar-refractivity contribution in [2.45, 2.75) is 45.1 Å². The van der Waals surface area contributed by atoms with Gasteiger partial charge in [0, 0.05) is 6.54 Å². The topological polar surface area (TPSA) is 224 Å². The van der Waals surface area contributed by atoms with E-state index in [2.05, 4.69) is 30.4 Å². The number of aromatic nitrogens is 4. The van der Waals surface area contributed by atoms with Gasteiger partial charge in [-0.05, 0) is 19.3 Å². The predicted octanol–water partition coefficient (Wildman–Crippen LogP) is 0.279. The van der Waals surface area contributed by atoms with Gasteiger partial charge in [0.2, 0.25) is 11.9 Å². The lowest BCUT2D eigenvalue weighted by molar-refractivity contribution is -0.138. The Hall–Kier alpha value is -3.68. The van der Waals surface area contributed by atoms with Crippen molar-refractivity contribution < 1.29 is 19.4 Å². The second kappa shape index (κ2) is 11.5. The molecule has 0 aliphatic carbocycles. The smallest absolute Gasteiger partial charge is 0.417 e. The Morgan fingerprint density at radius 2 is 2.10 bits per heavy atom. The van der Waals surface area contributed by atoms with Crippen molar-refractivity contribution in [3.63, 3.8) is 0 Å². The molecule has 0 bridgehead atoms. The lowest BCUT2D eigenvalue weighted by Crippen LogP contribution is -2.46. The van der Waals surface area contributed by atoms with Crippen LogP contribution in [0.25, 0.3) is 11.2 Å². The van der Waals surface area contributed by atoms with Crippen molar-refractivity contribution in [3.8, 4) is 0 Å². The molecule has 9 N–H and O–H groups in total. The Kier molecular flexibility index (Phi) is 8.75. The molecule has 2 aromatic rings. The first-order valence-electron chi connectivity index (χ1n) is 9.80. The Balaban J connectivity index is 2.32. The molecule has 0 unspecified atom stereocenters. The van der Waals surface area contributed by atoms with Gasteiger partial charge in [-0.3, -0.25) is 10.4 Å². The number of anilines is 2. The van der Waals surface area contributed by atoms with Gasteiger partial charge in [-0.25, -0.2) is 25.3 Å². The van der Waals surface area contributed by atoms with Gasteiger partial charge in [-0.1, -0.05) is 19.8 Å². The molecule has 0 radical (unpaired) electrons. The molecule has 170 valence electrons. The molecule has 14 nitrogen and oxygen atoms in total. The van der Waals surface area contributed by atoms with Gasteiger partial charge in [0.25, 0.3) is 0 Å². The van der Waals surface area contributed by atoms with Crippen LogP contribution >= 0.6 is 0 Å². The van der Waals surface area contributed by atoms with Crippen molar-refractivity contribution in [3.05, 3.63) is 6.20 Å². The van der Waals surface area contributed by atoms with Crippen LogP contribution < -0.4 is 27.6 Å². The highest BCUT2D eigenvalue weighted by molar-refractivity contribution is 5.94. The third-order valence-electron chi connectivity index (χ3n) is 4.28. The van der Waals surface area contributed by atoms with Gasteiger partial charge in [-0.15, -0.1) is 0 Å². The maximum atomic E-state index is 12.8. The summed E-state index contributed by atoms with van der Waals surface area (Å²) in [6, 6.07) is -1.27.